The molecular weight excluding hydrogens is 800 g/mol. The van der Waals surface area contributed by atoms with Gasteiger partial charge in [0.15, 0.2) is 0 Å². The Morgan fingerprint density at radius 2 is 1.21 bits per heavy atom. The number of allylic oxidation sites excluding steroid dienone is 3. The zero-order valence-electron chi connectivity index (χ0n) is 44.0. The maximum atomic E-state index is 7.66. The first-order valence-corrected chi connectivity index (χ1v) is 25.7. The molecule has 0 amide bonds. The summed E-state index contributed by atoms with van der Waals surface area (Å²) in [6.45, 7) is 43.6. The number of para-hydroxylation sites is 1. The Hall–Kier alpha value is -4.44. The SMILES string of the molecule is CC(C)c1cc2c3c(c1)N(c1ccccc1C(C)(C)C)c1c(oc4cc(C(C)C)c(C(C)(C)C)cc14)B3c1cc3c(cc1N2C1=CC2C(C=C1)C(C)(C)CCC2(C)C)C(C)(C)CCC3(C)C. The second-order valence-corrected chi connectivity index (χ2v) is 26.9. The normalized spacial score (nSPS) is 22.2. The van der Waals surface area contributed by atoms with E-state index in [1.807, 2.05) is 0 Å². The molecule has 2 unspecified atom stereocenters. The third-order valence-electron chi connectivity index (χ3n) is 17.6. The molecule has 3 nitrogen and oxygen atoms in total. The highest BCUT2D eigenvalue weighted by Gasteiger charge is 2.52. The van der Waals surface area contributed by atoms with Gasteiger partial charge in [-0.2, -0.15) is 0 Å². The first kappa shape index (κ1) is 45.4. The lowest BCUT2D eigenvalue weighted by atomic mass is 9.35. The van der Waals surface area contributed by atoms with E-state index in [2.05, 4.69) is 213 Å². The van der Waals surface area contributed by atoms with E-state index in [1.54, 1.807) is 0 Å². The lowest BCUT2D eigenvalue weighted by Crippen LogP contribution is -2.62. The summed E-state index contributed by atoms with van der Waals surface area (Å²) in [6, 6.07) is 24.6. The third kappa shape index (κ3) is 6.78. The van der Waals surface area contributed by atoms with Gasteiger partial charge < -0.3 is 14.2 Å². The second kappa shape index (κ2) is 14.5. The van der Waals surface area contributed by atoms with Crippen LogP contribution in [-0.2, 0) is 21.7 Å². The fraction of sp³-hybridized carbons (Fsp3) is 0.516. The molecule has 0 N–H and O–H groups in total. The monoisotopic (exact) mass is 879 g/mol. The predicted molar refractivity (Wildman–Crippen MR) is 286 cm³/mol. The lowest BCUT2D eigenvalue weighted by Gasteiger charge is -2.52. The molecule has 0 spiro atoms. The number of fused-ring (bicyclic) bond motifs is 8. The number of hydrogen-bond acceptors (Lipinski definition) is 3. The smallest absolute Gasteiger partial charge is 0.297 e. The zero-order chi connectivity index (χ0) is 47.6. The van der Waals surface area contributed by atoms with Gasteiger partial charge >= 0.3 is 0 Å². The van der Waals surface area contributed by atoms with Crippen molar-refractivity contribution in [1.29, 1.82) is 0 Å². The van der Waals surface area contributed by atoms with Crippen molar-refractivity contribution in [3.8, 4) is 0 Å². The summed E-state index contributed by atoms with van der Waals surface area (Å²) in [7, 11) is 0. The zero-order valence-corrected chi connectivity index (χ0v) is 44.0. The van der Waals surface area contributed by atoms with Gasteiger partial charge in [-0.3, -0.25) is 0 Å². The third-order valence-corrected chi connectivity index (χ3v) is 17.6. The molecule has 5 aromatic rings. The van der Waals surface area contributed by atoms with Crippen molar-refractivity contribution in [2.45, 2.75) is 184 Å². The number of rotatable bonds is 4. The minimum absolute atomic E-state index is 0.0427. The van der Waals surface area contributed by atoms with E-state index in [-0.39, 0.29) is 39.2 Å². The number of benzene rings is 4. The van der Waals surface area contributed by atoms with Crippen LogP contribution in [0.3, 0.4) is 0 Å². The summed E-state index contributed by atoms with van der Waals surface area (Å²) >= 11 is 0. The molecule has 0 radical (unpaired) electrons. The van der Waals surface area contributed by atoms with Gasteiger partial charge in [-0.05, 0) is 169 Å². The van der Waals surface area contributed by atoms with E-state index in [0.29, 0.717) is 23.7 Å². The molecule has 0 bridgehead atoms. The Labute approximate surface area is 399 Å². The van der Waals surface area contributed by atoms with Crippen LogP contribution in [0.4, 0.5) is 28.4 Å². The van der Waals surface area contributed by atoms with Gasteiger partial charge in [0.25, 0.3) is 6.71 Å². The van der Waals surface area contributed by atoms with E-state index >= 15 is 0 Å². The molecule has 0 saturated heterocycles. The molecule has 4 heteroatoms. The Morgan fingerprint density at radius 3 is 1.82 bits per heavy atom. The van der Waals surface area contributed by atoms with Crippen LogP contribution < -0.4 is 26.4 Å². The fourth-order valence-electron chi connectivity index (χ4n) is 13.2. The molecule has 346 valence electrons. The molecule has 2 atom stereocenters. The van der Waals surface area contributed by atoms with E-state index in [9.17, 15) is 0 Å². The van der Waals surface area contributed by atoms with Gasteiger partial charge in [0.05, 0.1) is 11.3 Å². The van der Waals surface area contributed by atoms with Crippen molar-refractivity contribution in [1.82, 2.24) is 0 Å². The quantitative estimate of drug-likeness (QED) is 0.165. The molecule has 4 aromatic carbocycles. The molecule has 10 rings (SSSR count). The van der Waals surface area contributed by atoms with Gasteiger partial charge in [-0.15, -0.1) is 0 Å². The van der Waals surface area contributed by atoms with E-state index in [4.69, 9.17) is 4.42 Å². The summed E-state index contributed by atoms with van der Waals surface area (Å²) < 4.78 is 7.66. The van der Waals surface area contributed by atoms with Gasteiger partial charge in [0, 0.05) is 33.8 Å². The second-order valence-electron chi connectivity index (χ2n) is 26.9. The Balaban J connectivity index is 1.37. The topological polar surface area (TPSA) is 19.6 Å². The molecule has 3 aliphatic carbocycles. The van der Waals surface area contributed by atoms with Crippen LogP contribution in [0, 0.1) is 22.7 Å². The maximum Gasteiger partial charge on any atom is 0.297 e. The Bertz CT molecular complexity index is 2880. The van der Waals surface area contributed by atoms with Crippen LogP contribution in [0.2, 0.25) is 0 Å². The largest absolute Gasteiger partial charge is 0.468 e. The summed E-state index contributed by atoms with van der Waals surface area (Å²) in [5.41, 5.74) is 21.3. The van der Waals surface area contributed by atoms with Crippen LogP contribution in [-0.4, -0.2) is 6.71 Å². The molecular formula is C62H79BN2O. The van der Waals surface area contributed by atoms with Crippen LogP contribution in [0.5, 0.6) is 0 Å². The van der Waals surface area contributed by atoms with Gasteiger partial charge in [0.2, 0.25) is 0 Å². The molecule has 1 aromatic heterocycles. The van der Waals surface area contributed by atoms with Crippen molar-refractivity contribution in [2.75, 3.05) is 9.80 Å². The number of nitrogens with zero attached hydrogens (tertiary/aromatic N) is 2. The minimum atomic E-state index is -0.102. The van der Waals surface area contributed by atoms with Crippen molar-refractivity contribution in [3.05, 3.63) is 118 Å². The molecule has 2 aliphatic heterocycles. The summed E-state index contributed by atoms with van der Waals surface area (Å²) in [5.74, 6) is 1.61. The predicted octanol–water partition coefficient (Wildman–Crippen LogP) is 15.9. The van der Waals surface area contributed by atoms with Crippen LogP contribution in [0.1, 0.15) is 196 Å². The number of hydrogen-bond donors (Lipinski definition) is 0. The van der Waals surface area contributed by atoms with Gasteiger partial charge in [0.1, 0.15) is 5.58 Å². The highest BCUT2D eigenvalue weighted by atomic mass is 16.3. The Morgan fingerprint density at radius 1 is 0.621 bits per heavy atom. The summed E-state index contributed by atoms with van der Waals surface area (Å²) in [6.07, 6.45) is 12.7. The average molecular weight is 879 g/mol. The van der Waals surface area contributed by atoms with E-state index in [0.717, 1.165) is 11.2 Å². The maximum absolute atomic E-state index is 7.66. The Kier molecular flexibility index (Phi) is 9.99. The van der Waals surface area contributed by atoms with Crippen LogP contribution in [0.25, 0.3) is 11.0 Å². The fourth-order valence-corrected chi connectivity index (χ4v) is 13.2. The van der Waals surface area contributed by atoms with Crippen molar-refractivity contribution < 1.29 is 4.42 Å². The van der Waals surface area contributed by atoms with Crippen molar-refractivity contribution in [3.63, 3.8) is 0 Å². The average Bonchev–Trinajstić information content (AvgIpc) is 3.60. The first-order valence-electron chi connectivity index (χ1n) is 25.7. The summed E-state index contributed by atoms with van der Waals surface area (Å²) in [4.78, 5) is 5.39. The molecule has 66 heavy (non-hydrogen) atoms. The van der Waals surface area contributed by atoms with Crippen molar-refractivity contribution >= 4 is 62.7 Å². The highest BCUT2D eigenvalue weighted by Crippen LogP contribution is 2.57. The standard InChI is InChI=1S/C62H79BN2O/c1-36(2)38-29-51-54-52(30-38)65(49-22-20-19-21-43(49)57(5,6)7)55-41-32-44(58(8,9)10)40(37(3)4)33-53(41)66-56(55)63(54)48-34-46-47(62(17,18)28-27-61(46,15)16)35-50(48)64(51)39-23-24-42-45(31-39)60(13,14)26-25-59(42,11)12/h19-24,29-37,42,45H,25-28H2,1-18H3. The number of furan rings is 1. The minimum Gasteiger partial charge on any atom is -0.468 e. The van der Waals surface area contributed by atoms with Crippen LogP contribution in [0.15, 0.2) is 89.0 Å². The highest BCUT2D eigenvalue weighted by molar-refractivity contribution is 7.00. The molecule has 3 heterocycles. The van der Waals surface area contributed by atoms with Gasteiger partial charge in [-0.1, -0.05) is 161 Å². The van der Waals surface area contributed by atoms with E-state index in [1.165, 1.54) is 110 Å². The van der Waals surface area contributed by atoms with Crippen molar-refractivity contribution in [2.24, 2.45) is 22.7 Å². The molecule has 1 saturated carbocycles. The summed E-state index contributed by atoms with van der Waals surface area (Å²) in [5, 5.41) is 1.21. The lowest BCUT2D eigenvalue weighted by molar-refractivity contribution is 0.0327. The first-order chi connectivity index (χ1) is 30.6. The van der Waals surface area contributed by atoms with Crippen LogP contribution >= 0.6 is 0 Å². The van der Waals surface area contributed by atoms with E-state index < -0.39 is 0 Å². The molecule has 5 aliphatic rings. The number of anilines is 5. The molecule has 1 fully saturated rings. The van der Waals surface area contributed by atoms with Gasteiger partial charge in [-0.25, -0.2) is 0 Å².